The van der Waals surface area contributed by atoms with Crippen molar-refractivity contribution in [2.24, 2.45) is 0 Å². The first kappa shape index (κ1) is 17.3. The number of pyridine rings is 1. The van der Waals surface area contributed by atoms with Crippen LogP contribution in [0.1, 0.15) is 17.0 Å². The number of nitrogens with zero attached hydrogens (tertiary/aromatic N) is 2. The van der Waals surface area contributed by atoms with Gasteiger partial charge in [-0.15, -0.1) is 24.8 Å². The zero-order valence-corrected chi connectivity index (χ0v) is 13.5. The van der Waals surface area contributed by atoms with E-state index < -0.39 is 0 Å². The summed E-state index contributed by atoms with van der Waals surface area (Å²) in [6, 6.07) is 8.15. The van der Waals surface area contributed by atoms with E-state index in [0.29, 0.717) is 6.54 Å². The van der Waals surface area contributed by atoms with Crippen LogP contribution in [0, 0.1) is 13.8 Å². The number of fused-ring (bicyclic) bond motifs is 1. The van der Waals surface area contributed by atoms with Gasteiger partial charge in [0, 0.05) is 18.1 Å². The summed E-state index contributed by atoms with van der Waals surface area (Å²) in [6.07, 6.45) is 3.54. The van der Waals surface area contributed by atoms with Crippen molar-refractivity contribution in [2.45, 2.75) is 20.4 Å². The number of anilines is 1. The molecular weight excluding hydrogens is 307 g/mol. The van der Waals surface area contributed by atoms with Gasteiger partial charge in [0.2, 0.25) is 0 Å². The van der Waals surface area contributed by atoms with Crippen molar-refractivity contribution in [2.75, 3.05) is 5.32 Å². The highest BCUT2D eigenvalue weighted by Gasteiger charge is 2.04. The summed E-state index contributed by atoms with van der Waals surface area (Å²) >= 11 is 0. The Labute approximate surface area is 136 Å². The third-order valence-corrected chi connectivity index (χ3v) is 3.29. The molecule has 0 radical (unpaired) electrons. The standard InChI is InChI=1S/C15H16N4.2ClH/c1-10-7-13-14(8-11(10)2)19-15(18-13)9-17-12-3-5-16-6-4-12;;/h3-8H,9H2,1-2H3,(H,16,17)(H,18,19);2*1H. The number of nitrogens with one attached hydrogen (secondary N) is 2. The van der Waals surface area contributed by atoms with Crippen molar-refractivity contribution in [3.8, 4) is 0 Å². The summed E-state index contributed by atoms with van der Waals surface area (Å²) < 4.78 is 0. The second kappa shape index (κ2) is 7.29. The molecule has 0 atom stereocenters. The van der Waals surface area contributed by atoms with E-state index in [1.54, 1.807) is 12.4 Å². The van der Waals surface area contributed by atoms with E-state index >= 15 is 0 Å². The van der Waals surface area contributed by atoms with Gasteiger partial charge in [0.1, 0.15) is 5.82 Å². The Morgan fingerprint density at radius 3 is 2.43 bits per heavy atom. The van der Waals surface area contributed by atoms with Gasteiger partial charge in [-0.3, -0.25) is 4.98 Å². The molecule has 112 valence electrons. The number of benzene rings is 1. The molecule has 6 heteroatoms. The van der Waals surface area contributed by atoms with Crippen molar-refractivity contribution in [1.29, 1.82) is 0 Å². The van der Waals surface area contributed by atoms with Crippen molar-refractivity contribution < 1.29 is 0 Å². The first-order valence-electron chi connectivity index (χ1n) is 6.32. The van der Waals surface area contributed by atoms with Crippen molar-refractivity contribution in [3.05, 3.63) is 53.6 Å². The van der Waals surface area contributed by atoms with Crippen LogP contribution >= 0.6 is 24.8 Å². The molecular formula is C15H18Cl2N4. The number of H-pyrrole nitrogens is 1. The Balaban J connectivity index is 0.00000110. The zero-order valence-electron chi connectivity index (χ0n) is 11.9. The van der Waals surface area contributed by atoms with Crippen LogP contribution in [-0.4, -0.2) is 15.0 Å². The Bertz CT molecular complexity index is 671. The number of aryl methyl sites for hydroxylation is 2. The van der Waals surface area contributed by atoms with Crippen LogP contribution in [0.25, 0.3) is 11.0 Å². The summed E-state index contributed by atoms with van der Waals surface area (Å²) in [5.74, 6) is 0.941. The zero-order chi connectivity index (χ0) is 13.2. The minimum atomic E-state index is 0. The van der Waals surface area contributed by atoms with Gasteiger partial charge in [-0.25, -0.2) is 4.98 Å². The van der Waals surface area contributed by atoms with Gasteiger partial charge in [-0.2, -0.15) is 0 Å². The van der Waals surface area contributed by atoms with E-state index in [1.807, 2.05) is 12.1 Å². The normalized spacial score (nSPS) is 9.81. The van der Waals surface area contributed by atoms with E-state index in [4.69, 9.17) is 0 Å². The largest absolute Gasteiger partial charge is 0.378 e. The summed E-state index contributed by atoms with van der Waals surface area (Å²) in [5.41, 5.74) is 5.71. The van der Waals surface area contributed by atoms with Gasteiger partial charge >= 0.3 is 0 Å². The van der Waals surface area contributed by atoms with Gasteiger partial charge in [0.25, 0.3) is 0 Å². The van der Waals surface area contributed by atoms with Crippen LogP contribution in [0.4, 0.5) is 5.69 Å². The number of aromatic nitrogens is 3. The molecule has 0 saturated carbocycles. The first-order valence-corrected chi connectivity index (χ1v) is 6.32. The van der Waals surface area contributed by atoms with Crippen LogP contribution < -0.4 is 5.32 Å². The highest BCUT2D eigenvalue weighted by molar-refractivity contribution is 5.85. The number of hydrogen-bond acceptors (Lipinski definition) is 3. The number of aromatic amines is 1. The Hall–Kier alpha value is -1.78. The van der Waals surface area contributed by atoms with Gasteiger partial charge in [0.05, 0.1) is 17.6 Å². The lowest BCUT2D eigenvalue weighted by Crippen LogP contribution is -2.00. The summed E-state index contributed by atoms with van der Waals surface area (Å²) in [6.45, 7) is 4.90. The molecule has 1 aromatic carbocycles. The maximum atomic E-state index is 4.60. The molecule has 2 aromatic heterocycles. The molecule has 0 bridgehead atoms. The van der Waals surface area contributed by atoms with Crippen LogP contribution in [-0.2, 0) is 6.54 Å². The average Bonchev–Trinajstić information content (AvgIpc) is 2.80. The SMILES string of the molecule is Cc1cc2nc(CNc3ccncc3)[nH]c2cc1C.Cl.Cl. The van der Waals surface area contributed by atoms with Gasteiger partial charge in [0.15, 0.2) is 0 Å². The highest BCUT2D eigenvalue weighted by Crippen LogP contribution is 2.17. The summed E-state index contributed by atoms with van der Waals surface area (Å²) in [5, 5.41) is 3.32. The lowest BCUT2D eigenvalue weighted by atomic mass is 10.1. The third-order valence-electron chi connectivity index (χ3n) is 3.29. The monoisotopic (exact) mass is 324 g/mol. The fourth-order valence-corrected chi connectivity index (χ4v) is 2.06. The smallest absolute Gasteiger partial charge is 0.126 e. The van der Waals surface area contributed by atoms with Crippen molar-refractivity contribution in [1.82, 2.24) is 15.0 Å². The van der Waals surface area contributed by atoms with E-state index in [2.05, 4.69) is 46.2 Å². The minimum Gasteiger partial charge on any atom is -0.378 e. The maximum Gasteiger partial charge on any atom is 0.126 e. The second-order valence-electron chi connectivity index (χ2n) is 4.73. The molecule has 2 heterocycles. The molecule has 2 N–H and O–H groups in total. The fourth-order valence-electron chi connectivity index (χ4n) is 2.06. The lowest BCUT2D eigenvalue weighted by Gasteiger charge is -2.02. The molecule has 0 aliphatic carbocycles. The predicted molar refractivity (Wildman–Crippen MR) is 91.6 cm³/mol. The highest BCUT2D eigenvalue weighted by atomic mass is 35.5. The number of halogens is 2. The molecule has 21 heavy (non-hydrogen) atoms. The molecule has 0 fully saturated rings. The molecule has 0 saturated heterocycles. The Kier molecular flexibility index (Phi) is 6.00. The van der Waals surface area contributed by atoms with Crippen molar-refractivity contribution in [3.63, 3.8) is 0 Å². The molecule has 0 aliphatic rings. The van der Waals surface area contributed by atoms with Gasteiger partial charge in [-0.05, 0) is 49.2 Å². The molecule has 4 nitrogen and oxygen atoms in total. The molecule has 0 aliphatic heterocycles. The van der Waals surface area contributed by atoms with E-state index in [1.165, 1.54) is 11.1 Å². The fraction of sp³-hybridized carbons (Fsp3) is 0.200. The topological polar surface area (TPSA) is 53.6 Å². The van der Waals surface area contributed by atoms with Crippen LogP contribution in [0.3, 0.4) is 0 Å². The van der Waals surface area contributed by atoms with Crippen LogP contribution in [0.2, 0.25) is 0 Å². The molecule has 3 aromatic rings. The number of hydrogen-bond donors (Lipinski definition) is 2. The molecule has 0 amide bonds. The van der Waals surface area contributed by atoms with Gasteiger partial charge < -0.3 is 10.3 Å². The molecule has 0 unspecified atom stereocenters. The van der Waals surface area contributed by atoms with E-state index in [-0.39, 0.29) is 24.8 Å². The van der Waals surface area contributed by atoms with E-state index in [0.717, 1.165) is 22.5 Å². The average molecular weight is 325 g/mol. The molecule has 3 rings (SSSR count). The maximum absolute atomic E-state index is 4.60. The Morgan fingerprint density at radius 1 is 1.05 bits per heavy atom. The second-order valence-corrected chi connectivity index (χ2v) is 4.73. The summed E-state index contributed by atoms with van der Waals surface area (Å²) in [4.78, 5) is 11.9. The number of rotatable bonds is 3. The number of imidazole rings is 1. The van der Waals surface area contributed by atoms with Gasteiger partial charge in [-0.1, -0.05) is 0 Å². The quantitative estimate of drug-likeness (QED) is 0.764. The minimum absolute atomic E-state index is 0. The van der Waals surface area contributed by atoms with Crippen molar-refractivity contribution >= 4 is 41.5 Å². The van der Waals surface area contributed by atoms with E-state index in [9.17, 15) is 0 Å². The Morgan fingerprint density at radius 2 is 1.71 bits per heavy atom. The predicted octanol–water partition coefficient (Wildman–Crippen LogP) is 4.03. The summed E-state index contributed by atoms with van der Waals surface area (Å²) in [7, 11) is 0. The van der Waals surface area contributed by atoms with Crippen LogP contribution in [0.5, 0.6) is 0 Å². The third kappa shape index (κ3) is 3.86. The molecule has 0 spiro atoms. The van der Waals surface area contributed by atoms with Crippen LogP contribution in [0.15, 0.2) is 36.7 Å². The first-order chi connectivity index (χ1) is 9.22. The lowest BCUT2D eigenvalue weighted by molar-refractivity contribution is 1.01.